The lowest BCUT2D eigenvalue weighted by Gasteiger charge is -2.24. The molecule has 98 valence electrons. The lowest BCUT2D eigenvalue weighted by molar-refractivity contribution is 0.411. The van der Waals surface area contributed by atoms with Crippen molar-refractivity contribution in [2.45, 2.75) is 20.0 Å². The predicted molar refractivity (Wildman–Crippen MR) is 79.1 cm³/mol. The molecule has 2 nitrogen and oxygen atoms in total. The van der Waals surface area contributed by atoms with Crippen molar-refractivity contribution in [2.75, 3.05) is 18.1 Å². The van der Waals surface area contributed by atoms with Crippen LogP contribution in [0.25, 0.3) is 0 Å². The minimum atomic E-state index is 0.377. The molecule has 0 saturated carbocycles. The molecule has 19 heavy (non-hydrogen) atoms. The number of ether oxygens (including phenoxy) is 1. The van der Waals surface area contributed by atoms with Crippen LogP contribution < -0.4 is 4.90 Å². The highest BCUT2D eigenvalue weighted by molar-refractivity contribution is 5.64. The summed E-state index contributed by atoms with van der Waals surface area (Å²) in [5, 5.41) is 0. The summed E-state index contributed by atoms with van der Waals surface area (Å²) < 4.78 is 5.39. The summed E-state index contributed by atoms with van der Waals surface area (Å²) in [6.07, 6.45) is 0.377. The zero-order chi connectivity index (χ0) is 13.2. The van der Waals surface area contributed by atoms with Crippen molar-refractivity contribution < 1.29 is 4.74 Å². The van der Waals surface area contributed by atoms with E-state index >= 15 is 0 Å². The molecule has 0 spiro atoms. The van der Waals surface area contributed by atoms with Gasteiger partial charge in [-0.3, -0.25) is 0 Å². The Morgan fingerprint density at radius 1 is 0.895 bits per heavy atom. The number of hydrogen-bond acceptors (Lipinski definition) is 2. The lowest BCUT2D eigenvalue weighted by atomic mass is 10.1. The van der Waals surface area contributed by atoms with Gasteiger partial charge < -0.3 is 9.64 Å². The molecule has 1 atom stereocenters. The molecule has 1 fully saturated rings. The SMILES string of the molecule is Cc1ccc(N(C[C@@H]2CO2)c2ccc(C)cc2)cc1. The molecule has 0 N–H and O–H groups in total. The minimum absolute atomic E-state index is 0.377. The third-order valence-electron chi connectivity index (χ3n) is 3.48. The number of rotatable bonds is 4. The van der Waals surface area contributed by atoms with Crippen molar-refractivity contribution in [3.8, 4) is 0 Å². The standard InChI is InChI=1S/C17H19NO/c1-13-3-7-15(8-4-13)18(11-17-12-19-17)16-9-5-14(2)6-10-16/h3-10,17H,11-12H2,1-2H3/t17-/m1/s1. The average Bonchev–Trinajstić information content (AvgIpc) is 3.22. The fourth-order valence-corrected chi connectivity index (χ4v) is 2.19. The van der Waals surface area contributed by atoms with Crippen LogP contribution in [0.2, 0.25) is 0 Å². The van der Waals surface area contributed by atoms with Crippen LogP contribution in [0.4, 0.5) is 11.4 Å². The Labute approximate surface area is 114 Å². The third-order valence-corrected chi connectivity index (χ3v) is 3.48. The molecule has 0 aromatic heterocycles. The van der Waals surface area contributed by atoms with E-state index in [4.69, 9.17) is 4.74 Å². The van der Waals surface area contributed by atoms with E-state index in [9.17, 15) is 0 Å². The molecule has 1 aliphatic heterocycles. The summed E-state index contributed by atoms with van der Waals surface area (Å²) in [6.45, 7) is 6.04. The molecule has 2 heteroatoms. The summed E-state index contributed by atoms with van der Waals surface area (Å²) in [5.74, 6) is 0. The molecule has 1 heterocycles. The highest BCUT2D eigenvalue weighted by Crippen LogP contribution is 2.28. The second-order valence-electron chi connectivity index (χ2n) is 5.24. The van der Waals surface area contributed by atoms with Gasteiger partial charge in [-0.25, -0.2) is 0 Å². The second kappa shape index (κ2) is 5.06. The van der Waals surface area contributed by atoms with Crippen LogP contribution in [0.3, 0.4) is 0 Å². The molecule has 0 radical (unpaired) electrons. The van der Waals surface area contributed by atoms with E-state index in [1.807, 2.05) is 0 Å². The van der Waals surface area contributed by atoms with E-state index in [1.165, 1.54) is 22.5 Å². The largest absolute Gasteiger partial charge is 0.371 e. The number of anilines is 2. The number of nitrogens with zero attached hydrogens (tertiary/aromatic N) is 1. The van der Waals surface area contributed by atoms with Crippen LogP contribution >= 0.6 is 0 Å². The van der Waals surface area contributed by atoms with Gasteiger partial charge >= 0.3 is 0 Å². The first-order valence-electron chi connectivity index (χ1n) is 6.75. The Balaban J connectivity index is 1.91. The van der Waals surface area contributed by atoms with Crippen molar-refractivity contribution >= 4 is 11.4 Å². The maximum Gasteiger partial charge on any atom is 0.0988 e. The fourth-order valence-electron chi connectivity index (χ4n) is 2.19. The maximum atomic E-state index is 5.39. The van der Waals surface area contributed by atoms with E-state index in [-0.39, 0.29) is 0 Å². The van der Waals surface area contributed by atoms with Crippen LogP contribution in [-0.2, 0) is 4.74 Å². The lowest BCUT2D eigenvalue weighted by Crippen LogP contribution is -2.22. The first-order chi connectivity index (χ1) is 9.22. The molecular weight excluding hydrogens is 234 g/mol. The Morgan fingerprint density at radius 2 is 1.32 bits per heavy atom. The van der Waals surface area contributed by atoms with Crippen molar-refractivity contribution in [2.24, 2.45) is 0 Å². The van der Waals surface area contributed by atoms with E-state index in [0.717, 1.165) is 13.2 Å². The Kier molecular flexibility index (Phi) is 3.26. The van der Waals surface area contributed by atoms with E-state index < -0.39 is 0 Å². The van der Waals surface area contributed by atoms with Crippen molar-refractivity contribution in [3.63, 3.8) is 0 Å². The van der Waals surface area contributed by atoms with Gasteiger partial charge in [-0.1, -0.05) is 35.4 Å². The van der Waals surface area contributed by atoms with Crippen LogP contribution in [0.5, 0.6) is 0 Å². The molecule has 0 unspecified atom stereocenters. The van der Waals surface area contributed by atoms with Crippen molar-refractivity contribution in [3.05, 3.63) is 59.7 Å². The molecule has 0 amide bonds. The number of epoxide rings is 1. The zero-order valence-electron chi connectivity index (χ0n) is 11.5. The third kappa shape index (κ3) is 2.96. The van der Waals surface area contributed by atoms with Crippen molar-refractivity contribution in [1.29, 1.82) is 0 Å². The highest BCUT2D eigenvalue weighted by Gasteiger charge is 2.26. The smallest absolute Gasteiger partial charge is 0.0988 e. The van der Waals surface area contributed by atoms with Gasteiger partial charge in [0.05, 0.1) is 19.3 Å². The average molecular weight is 253 g/mol. The van der Waals surface area contributed by atoms with E-state index in [0.29, 0.717) is 6.10 Å². The first-order valence-corrected chi connectivity index (χ1v) is 6.75. The number of hydrogen-bond donors (Lipinski definition) is 0. The van der Waals surface area contributed by atoms with Crippen molar-refractivity contribution in [1.82, 2.24) is 0 Å². The first kappa shape index (κ1) is 12.2. The van der Waals surface area contributed by atoms with Gasteiger partial charge in [0.1, 0.15) is 0 Å². The van der Waals surface area contributed by atoms with Gasteiger partial charge in [-0.15, -0.1) is 0 Å². The van der Waals surface area contributed by atoms with E-state index in [2.05, 4.69) is 67.3 Å². The second-order valence-corrected chi connectivity index (χ2v) is 5.24. The predicted octanol–water partition coefficient (Wildman–Crippen LogP) is 3.84. The fraction of sp³-hybridized carbons (Fsp3) is 0.294. The summed E-state index contributed by atoms with van der Waals surface area (Å²) in [6, 6.07) is 17.3. The molecule has 2 aromatic carbocycles. The quantitative estimate of drug-likeness (QED) is 0.769. The van der Waals surface area contributed by atoms with Crippen LogP contribution in [0.1, 0.15) is 11.1 Å². The molecule has 1 saturated heterocycles. The molecule has 0 aliphatic carbocycles. The number of benzene rings is 2. The summed E-state index contributed by atoms with van der Waals surface area (Å²) in [5.41, 5.74) is 5.03. The summed E-state index contributed by atoms with van der Waals surface area (Å²) in [7, 11) is 0. The van der Waals surface area contributed by atoms with Crippen LogP contribution in [0, 0.1) is 13.8 Å². The highest BCUT2D eigenvalue weighted by atomic mass is 16.6. The van der Waals surface area contributed by atoms with E-state index in [1.54, 1.807) is 0 Å². The molecule has 2 aromatic rings. The Bertz CT molecular complexity index is 495. The van der Waals surface area contributed by atoms with Gasteiger partial charge in [-0.2, -0.15) is 0 Å². The van der Waals surface area contributed by atoms with Gasteiger partial charge in [0.25, 0.3) is 0 Å². The topological polar surface area (TPSA) is 15.8 Å². The maximum absolute atomic E-state index is 5.39. The minimum Gasteiger partial charge on any atom is -0.371 e. The normalized spacial score (nSPS) is 17.3. The Morgan fingerprint density at radius 3 is 1.68 bits per heavy atom. The summed E-state index contributed by atoms with van der Waals surface area (Å²) >= 11 is 0. The van der Waals surface area contributed by atoms with Gasteiger partial charge in [0, 0.05) is 11.4 Å². The zero-order valence-corrected chi connectivity index (χ0v) is 11.5. The molecular formula is C17H19NO. The molecule has 3 rings (SSSR count). The van der Waals surface area contributed by atoms with Gasteiger partial charge in [-0.05, 0) is 38.1 Å². The van der Waals surface area contributed by atoms with Gasteiger partial charge in [0.15, 0.2) is 0 Å². The van der Waals surface area contributed by atoms with Crippen LogP contribution in [0.15, 0.2) is 48.5 Å². The number of aryl methyl sites for hydroxylation is 2. The molecule has 0 bridgehead atoms. The van der Waals surface area contributed by atoms with Gasteiger partial charge in [0.2, 0.25) is 0 Å². The monoisotopic (exact) mass is 253 g/mol. The summed E-state index contributed by atoms with van der Waals surface area (Å²) in [4.78, 5) is 2.33. The Hall–Kier alpha value is -1.80. The molecule has 1 aliphatic rings. The van der Waals surface area contributed by atoms with Crippen LogP contribution in [-0.4, -0.2) is 19.3 Å².